The molecule has 3 rings (SSSR count). The zero-order chi connectivity index (χ0) is 24.0. The molecule has 1 fully saturated rings. The molecule has 0 saturated heterocycles. The minimum atomic E-state index is -0.571. The van der Waals surface area contributed by atoms with E-state index in [4.69, 9.17) is 5.73 Å². The maximum absolute atomic E-state index is 13.0. The van der Waals surface area contributed by atoms with Crippen LogP contribution in [-0.2, 0) is 11.3 Å². The first kappa shape index (κ1) is 24.6. The lowest BCUT2D eigenvalue weighted by atomic mass is 10.1. The van der Waals surface area contributed by atoms with E-state index in [1.165, 1.54) is 4.57 Å². The van der Waals surface area contributed by atoms with E-state index in [-0.39, 0.29) is 24.0 Å². The minimum absolute atomic E-state index is 0.0537. The van der Waals surface area contributed by atoms with E-state index in [0.717, 1.165) is 44.9 Å². The summed E-state index contributed by atoms with van der Waals surface area (Å²) in [5.74, 6) is 0.865. The summed E-state index contributed by atoms with van der Waals surface area (Å²) in [6.07, 6.45) is 8.53. The Morgan fingerprint density at radius 1 is 1.33 bits per heavy atom. The quantitative estimate of drug-likeness (QED) is 0.473. The molecule has 1 amide bonds. The lowest BCUT2D eigenvalue weighted by molar-refractivity contribution is -0.115. The fraction of sp³-hybridized carbons (Fsp3) is 0.652. The number of hydrogen-bond acceptors (Lipinski definition) is 6. The van der Waals surface area contributed by atoms with Crippen molar-refractivity contribution in [3.05, 3.63) is 33.1 Å². The van der Waals surface area contributed by atoms with Gasteiger partial charge in [-0.25, -0.2) is 9.48 Å². The molecule has 0 bridgehead atoms. The van der Waals surface area contributed by atoms with Crippen molar-refractivity contribution in [3.63, 3.8) is 0 Å². The summed E-state index contributed by atoms with van der Waals surface area (Å²) in [6.45, 7) is 7.00. The first-order chi connectivity index (χ1) is 15.8. The van der Waals surface area contributed by atoms with Gasteiger partial charge in [0, 0.05) is 19.2 Å². The summed E-state index contributed by atoms with van der Waals surface area (Å²) in [7, 11) is 0. The molecule has 0 unspecified atom stereocenters. The number of aromatic nitrogens is 4. The number of unbranched alkanes of at least 4 members (excludes halogenated alkanes) is 1. The Kier molecular flexibility index (Phi) is 8.35. The standard InChI is InChI=1S/C23H37N7O3/c1-4-5-13-29-21(24)20(22(32)27-23(29)33)28(14-11-16(2)3)15-19(31)26-18-10-12-25-30(18)17-8-6-7-9-17/h10,12,16-17H,4-9,11,13-15,24H2,1-3H3,(H,26,31)(H,27,32,33). The van der Waals surface area contributed by atoms with Crippen molar-refractivity contribution in [1.29, 1.82) is 0 Å². The van der Waals surface area contributed by atoms with Crippen molar-refractivity contribution in [3.8, 4) is 0 Å². The predicted octanol–water partition coefficient (Wildman–Crippen LogP) is 2.72. The molecule has 182 valence electrons. The average molecular weight is 460 g/mol. The van der Waals surface area contributed by atoms with Crippen molar-refractivity contribution >= 4 is 23.2 Å². The largest absolute Gasteiger partial charge is 0.383 e. The molecule has 2 heterocycles. The molecule has 0 radical (unpaired) electrons. The van der Waals surface area contributed by atoms with Crippen LogP contribution < -0.4 is 27.2 Å². The highest BCUT2D eigenvalue weighted by Crippen LogP contribution is 2.31. The number of aromatic amines is 1. The minimum Gasteiger partial charge on any atom is -0.383 e. The fourth-order valence-electron chi connectivity index (χ4n) is 4.31. The van der Waals surface area contributed by atoms with Crippen LogP contribution in [0.5, 0.6) is 0 Å². The molecule has 33 heavy (non-hydrogen) atoms. The summed E-state index contributed by atoms with van der Waals surface area (Å²) < 4.78 is 3.27. The van der Waals surface area contributed by atoms with Crippen LogP contribution in [0.3, 0.4) is 0 Å². The first-order valence-electron chi connectivity index (χ1n) is 12.0. The Morgan fingerprint density at radius 3 is 2.73 bits per heavy atom. The Balaban J connectivity index is 1.85. The van der Waals surface area contributed by atoms with E-state index in [2.05, 4.69) is 29.2 Å². The van der Waals surface area contributed by atoms with Gasteiger partial charge in [0.15, 0.2) is 0 Å². The summed E-state index contributed by atoms with van der Waals surface area (Å²) in [6, 6.07) is 2.09. The number of nitrogens with one attached hydrogen (secondary N) is 2. The number of H-pyrrole nitrogens is 1. The summed E-state index contributed by atoms with van der Waals surface area (Å²) in [5.41, 5.74) is 5.38. The highest BCUT2D eigenvalue weighted by atomic mass is 16.2. The maximum Gasteiger partial charge on any atom is 0.330 e. The van der Waals surface area contributed by atoms with E-state index in [0.29, 0.717) is 30.9 Å². The molecule has 1 aliphatic rings. The van der Waals surface area contributed by atoms with Crippen molar-refractivity contribution in [2.75, 3.05) is 29.0 Å². The zero-order valence-electron chi connectivity index (χ0n) is 20.0. The molecular weight excluding hydrogens is 422 g/mol. The summed E-state index contributed by atoms with van der Waals surface area (Å²) in [4.78, 5) is 42.2. The van der Waals surface area contributed by atoms with E-state index >= 15 is 0 Å². The van der Waals surface area contributed by atoms with Crippen molar-refractivity contribution in [1.82, 2.24) is 19.3 Å². The number of carbonyl (C=O) groups excluding carboxylic acids is 1. The third-order valence-corrected chi connectivity index (χ3v) is 6.18. The lowest BCUT2D eigenvalue weighted by Crippen LogP contribution is -2.42. The van der Waals surface area contributed by atoms with E-state index in [1.54, 1.807) is 17.2 Å². The van der Waals surface area contributed by atoms with Crippen molar-refractivity contribution in [2.24, 2.45) is 5.92 Å². The van der Waals surface area contributed by atoms with Gasteiger partial charge < -0.3 is 16.0 Å². The number of nitrogens with zero attached hydrogens (tertiary/aromatic N) is 4. The molecular formula is C23H37N7O3. The van der Waals surface area contributed by atoms with Crippen LogP contribution in [-0.4, -0.2) is 38.3 Å². The molecule has 0 aromatic carbocycles. The fourth-order valence-corrected chi connectivity index (χ4v) is 4.31. The number of rotatable bonds is 11. The van der Waals surface area contributed by atoms with Crippen LogP contribution in [0.15, 0.2) is 21.9 Å². The van der Waals surface area contributed by atoms with E-state index in [9.17, 15) is 14.4 Å². The van der Waals surface area contributed by atoms with Crippen LogP contribution in [0.1, 0.15) is 71.8 Å². The van der Waals surface area contributed by atoms with Crippen molar-refractivity contribution < 1.29 is 4.79 Å². The molecule has 2 aromatic heterocycles. The SMILES string of the molecule is CCCCn1c(N)c(N(CCC(C)C)CC(=O)Nc2ccnn2C2CCCC2)c(=O)[nH]c1=O. The third kappa shape index (κ3) is 6.06. The molecule has 10 nitrogen and oxygen atoms in total. The number of nitrogens with two attached hydrogens (primary N) is 1. The van der Waals surface area contributed by atoms with Crippen LogP contribution in [0.2, 0.25) is 0 Å². The Bertz CT molecular complexity index is 1050. The summed E-state index contributed by atoms with van der Waals surface area (Å²) >= 11 is 0. The van der Waals surface area contributed by atoms with Crippen LogP contribution in [0, 0.1) is 5.92 Å². The topological polar surface area (TPSA) is 131 Å². The smallest absolute Gasteiger partial charge is 0.330 e. The molecule has 10 heteroatoms. The van der Waals surface area contributed by atoms with Crippen molar-refractivity contribution in [2.45, 2.75) is 78.3 Å². The van der Waals surface area contributed by atoms with E-state index in [1.807, 2.05) is 11.6 Å². The monoisotopic (exact) mass is 459 g/mol. The molecule has 4 N–H and O–H groups in total. The third-order valence-electron chi connectivity index (χ3n) is 6.18. The lowest BCUT2D eigenvalue weighted by Gasteiger charge is -2.26. The van der Waals surface area contributed by atoms with Gasteiger partial charge in [-0.15, -0.1) is 0 Å². The number of anilines is 3. The van der Waals surface area contributed by atoms with Gasteiger partial charge in [0.2, 0.25) is 5.91 Å². The van der Waals surface area contributed by atoms with Gasteiger partial charge >= 0.3 is 5.69 Å². The van der Waals surface area contributed by atoms with Gasteiger partial charge in [0.25, 0.3) is 5.56 Å². The van der Waals surface area contributed by atoms with Gasteiger partial charge in [0.05, 0.1) is 18.8 Å². The van der Waals surface area contributed by atoms with Gasteiger partial charge in [-0.2, -0.15) is 5.10 Å². The zero-order valence-corrected chi connectivity index (χ0v) is 20.0. The van der Waals surface area contributed by atoms with Gasteiger partial charge in [-0.1, -0.05) is 40.0 Å². The highest BCUT2D eigenvalue weighted by Gasteiger charge is 2.24. The predicted molar refractivity (Wildman–Crippen MR) is 131 cm³/mol. The Labute approximate surface area is 194 Å². The second-order valence-electron chi connectivity index (χ2n) is 9.25. The maximum atomic E-state index is 13.0. The molecule has 0 spiro atoms. The molecule has 1 aliphatic carbocycles. The second kappa shape index (κ2) is 11.2. The van der Waals surface area contributed by atoms with Crippen LogP contribution >= 0.6 is 0 Å². The van der Waals surface area contributed by atoms with Gasteiger partial charge in [-0.05, 0) is 31.6 Å². The van der Waals surface area contributed by atoms with Gasteiger partial charge in [0.1, 0.15) is 17.3 Å². The molecule has 1 saturated carbocycles. The highest BCUT2D eigenvalue weighted by molar-refractivity contribution is 5.93. The summed E-state index contributed by atoms with van der Waals surface area (Å²) in [5, 5.41) is 7.35. The number of amides is 1. The second-order valence-corrected chi connectivity index (χ2v) is 9.25. The number of carbonyl (C=O) groups is 1. The van der Waals surface area contributed by atoms with Crippen LogP contribution in [0.25, 0.3) is 0 Å². The molecule has 2 aromatic rings. The molecule has 0 atom stereocenters. The Hall–Kier alpha value is -3.04. The Morgan fingerprint density at radius 2 is 2.06 bits per heavy atom. The number of nitrogen functional groups attached to an aromatic ring is 1. The average Bonchev–Trinajstić information content (AvgIpc) is 3.43. The van der Waals surface area contributed by atoms with E-state index < -0.39 is 11.2 Å². The molecule has 0 aliphatic heterocycles. The normalized spacial score (nSPS) is 14.2. The van der Waals surface area contributed by atoms with Crippen LogP contribution in [0.4, 0.5) is 17.3 Å². The number of hydrogen-bond donors (Lipinski definition) is 3. The first-order valence-corrected chi connectivity index (χ1v) is 12.0. The van der Waals surface area contributed by atoms with Gasteiger partial charge in [-0.3, -0.25) is 19.1 Å².